The van der Waals surface area contributed by atoms with Gasteiger partial charge in [-0.05, 0) is 31.9 Å². The van der Waals surface area contributed by atoms with Crippen molar-refractivity contribution in [2.24, 2.45) is 0 Å². The third kappa shape index (κ3) is 2.31. The minimum atomic E-state index is 0.0978. The third-order valence-corrected chi connectivity index (χ3v) is 4.98. The van der Waals surface area contributed by atoms with E-state index in [0.29, 0.717) is 11.1 Å². The molecule has 0 amide bonds. The summed E-state index contributed by atoms with van der Waals surface area (Å²) >= 11 is 6.50. The highest BCUT2D eigenvalue weighted by Gasteiger charge is 2.26. The van der Waals surface area contributed by atoms with Crippen LogP contribution in [0, 0.1) is 6.92 Å². The first-order valence-corrected chi connectivity index (χ1v) is 8.33. The highest BCUT2D eigenvalue weighted by Crippen LogP contribution is 2.39. The van der Waals surface area contributed by atoms with Gasteiger partial charge in [0, 0.05) is 49.4 Å². The van der Waals surface area contributed by atoms with Crippen molar-refractivity contribution in [2.75, 3.05) is 31.1 Å². The Hall–Kier alpha value is -1.52. The molecule has 1 aliphatic carbocycles. The Morgan fingerprint density at radius 2 is 1.95 bits per heavy atom. The number of nitrogens with one attached hydrogen (secondary N) is 1. The zero-order valence-corrected chi connectivity index (χ0v) is 13.5. The van der Waals surface area contributed by atoms with Gasteiger partial charge in [-0.1, -0.05) is 11.6 Å². The number of nitrogens with zero attached hydrogens (tertiary/aromatic N) is 2. The Morgan fingerprint density at radius 1 is 1.23 bits per heavy atom. The first-order chi connectivity index (χ1) is 10.6. The highest BCUT2D eigenvalue weighted by molar-refractivity contribution is 6.34. The molecule has 0 spiro atoms. The summed E-state index contributed by atoms with van der Waals surface area (Å²) in [4.78, 5) is 14.8. The topological polar surface area (TPSA) is 37.3 Å². The molecule has 116 valence electrons. The van der Waals surface area contributed by atoms with Crippen molar-refractivity contribution in [3.63, 3.8) is 0 Å². The number of fused-ring (bicyclic) bond motifs is 1. The van der Waals surface area contributed by atoms with Gasteiger partial charge in [0.15, 0.2) is 5.43 Å². The molecular weight excluding hydrogens is 298 g/mol. The maximum absolute atomic E-state index is 12.5. The van der Waals surface area contributed by atoms with Crippen molar-refractivity contribution < 1.29 is 0 Å². The van der Waals surface area contributed by atoms with Crippen LogP contribution in [-0.2, 0) is 0 Å². The predicted molar refractivity (Wildman–Crippen MR) is 91.3 cm³/mol. The van der Waals surface area contributed by atoms with Gasteiger partial charge in [0.2, 0.25) is 0 Å². The molecule has 4 rings (SSSR count). The molecule has 1 aromatic heterocycles. The summed E-state index contributed by atoms with van der Waals surface area (Å²) in [5.74, 6) is 0. The second-order valence-corrected chi connectivity index (χ2v) is 6.74. The zero-order valence-electron chi connectivity index (χ0n) is 12.7. The lowest BCUT2D eigenvalue weighted by molar-refractivity contribution is 0.589. The van der Waals surface area contributed by atoms with Gasteiger partial charge in [0.1, 0.15) is 0 Å². The number of hydrogen-bond acceptors (Lipinski definition) is 3. The van der Waals surface area contributed by atoms with Crippen LogP contribution >= 0.6 is 11.6 Å². The second-order valence-electron chi connectivity index (χ2n) is 6.34. The monoisotopic (exact) mass is 317 g/mol. The van der Waals surface area contributed by atoms with Crippen molar-refractivity contribution in [1.29, 1.82) is 0 Å². The summed E-state index contributed by atoms with van der Waals surface area (Å²) in [6.45, 7) is 5.73. The number of hydrogen-bond donors (Lipinski definition) is 1. The van der Waals surface area contributed by atoms with Crippen LogP contribution in [0.1, 0.15) is 24.4 Å². The summed E-state index contributed by atoms with van der Waals surface area (Å²) in [5, 5.41) is 4.78. The van der Waals surface area contributed by atoms with Crippen LogP contribution in [0.3, 0.4) is 0 Å². The lowest BCUT2D eigenvalue weighted by Gasteiger charge is -2.30. The number of pyridine rings is 1. The number of anilines is 1. The molecule has 0 radical (unpaired) electrons. The van der Waals surface area contributed by atoms with E-state index < -0.39 is 0 Å². The van der Waals surface area contributed by atoms with E-state index in [0.717, 1.165) is 48.3 Å². The van der Waals surface area contributed by atoms with Crippen LogP contribution in [0.5, 0.6) is 0 Å². The average molecular weight is 318 g/mol. The number of piperazine rings is 1. The van der Waals surface area contributed by atoms with Crippen LogP contribution in [0.15, 0.2) is 23.1 Å². The Balaban J connectivity index is 1.93. The molecule has 1 saturated heterocycles. The van der Waals surface area contributed by atoms with E-state index in [1.807, 2.05) is 19.2 Å². The zero-order chi connectivity index (χ0) is 15.3. The molecule has 22 heavy (non-hydrogen) atoms. The largest absolute Gasteiger partial charge is 0.368 e. The van der Waals surface area contributed by atoms with Gasteiger partial charge >= 0.3 is 0 Å². The fourth-order valence-electron chi connectivity index (χ4n) is 3.30. The van der Waals surface area contributed by atoms with Crippen LogP contribution in [0.4, 0.5) is 5.69 Å². The normalized spacial score (nSPS) is 18.9. The molecule has 2 aliphatic rings. The third-order valence-electron chi connectivity index (χ3n) is 4.68. The summed E-state index contributed by atoms with van der Waals surface area (Å²) in [5.41, 5.74) is 2.97. The molecule has 0 atom stereocenters. The number of aromatic nitrogens is 1. The first-order valence-electron chi connectivity index (χ1n) is 7.96. The predicted octanol–water partition coefficient (Wildman–Crippen LogP) is 2.71. The molecule has 4 nitrogen and oxygen atoms in total. The van der Waals surface area contributed by atoms with Gasteiger partial charge in [0.25, 0.3) is 0 Å². The second kappa shape index (κ2) is 5.28. The Bertz CT molecular complexity index is 789. The maximum atomic E-state index is 12.5. The van der Waals surface area contributed by atoms with Gasteiger partial charge in [-0.25, -0.2) is 0 Å². The quantitative estimate of drug-likeness (QED) is 0.925. The molecular formula is C17H20ClN3O. The lowest BCUT2D eigenvalue weighted by atomic mass is 10.1. The smallest absolute Gasteiger partial charge is 0.192 e. The average Bonchev–Trinajstić information content (AvgIpc) is 3.36. The molecule has 0 bridgehead atoms. The van der Waals surface area contributed by atoms with E-state index in [4.69, 9.17) is 11.6 Å². The number of halogens is 1. The molecule has 2 heterocycles. The summed E-state index contributed by atoms with van der Waals surface area (Å²) in [6, 6.07) is 4.52. The van der Waals surface area contributed by atoms with Crippen LogP contribution < -0.4 is 15.6 Å². The fraction of sp³-hybridized carbons (Fsp3) is 0.471. The molecule has 2 aromatic rings. The Morgan fingerprint density at radius 3 is 2.64 bits per heavy atom. The van der Waals surface area contributed by atoms with E-state index in [1.54, 1.807) is 0 Å². The van der Waals surface area contributed by atoms with E-state index in [-0.39, 0.29) is 5.43 Å². The molecule has 1 N–H and O–H groups in total. The summed E-state index contributed by atoms with van der Waals surface area (Å²) < 4.78 is 2.27. The number of rotatable bonds is 2. The standard InChI is InChI=1S/C17H20ClN3O/c1-11-10-21(12-2-3-12)15-9-16(20-6-4-19-5-7-20)14(18)8-13(15)17(11)22/h8-10,12,19H,2-7H2,1H3. The minimum absolute atomic E-state index is 0.0978. The van der Waals surface area contributed by atoms with Gasteiger partial charge in [0.05, 0.1) is 16.2 Å². The van der Waals surface area contributed by atoms with Crippen molar-refractivity contribution in [1.82, 2.24) is 9.88 Å². The van der Waals surface area contributed by atoms with Gasteiger partial charge in [-0.3, -0.25) is 4.79 Å². The number of aryl methyl sites for hydroxylation is 1. The molecule has 2 fully saturated rings. The van der Waals surface area contributed by atoms with Crippen molar-refractivity contribution in [3.8, 4) is 0 Å². The summed E-state index contributed by atoms with van der Waals surface area (Å²) in [6.07, 6.45) is 4.41. The van der Waals surface area contributed by atoms with Crippen molar-refractivity contribution in [3.05, 3.63) is 39.1 Å². The van der Waals surface area contributed by atoms with E-state index in [9.17, 15) is 4.79 Å². The molecule has 1 aliphatic heterocycles. The van der Waals surface area contributed by atoms with Crippen molar-refractivity contribution >= 4 is 28.2 Å². The molecule has 5 heteroatoms. The van der Waals surface area contributed by atoms with E-state index in [1.165, 1.54) is 12.8 Å². The lowest BCUT2D eigenvalue weighted by Crippen LogP contribution is -2.43. The Labute approximate surface area is 134 Å². The SMILES string of the molecule is Cc1cn(C2CC2)c2cc(N3CCNCC3)c(Cl)cc2c1=O. The van der Waals surface area contributed by atoms with E-state index >= 15 is 0 Å². The van der Waals surface area contributed by atoms with Crippen LogP contribution in [0.25, 0.3) is 10.9 Å². The fourth-order valence-corrected chi connectivity index (χ4v) is 3.58. The molecule has 1 saturated carbocycles. The van der Waals surface area contributed by atoms with Crippen molar-refractivity contribution in [2.45, 2.75) is 25.8 Å². The van der Waals surface area contributed by atoms with Gasteiger partial charge < -0.3 is 14.8 Å². The van der Waals surface area contributed by atoms with Gasteiger partial charge in [-0.2, -0.15) is 0 Å². The van der Waals surface area contributed by atoms with Crippen LogP contribution in [-0.4, -0.2) is 30.7 Å². The maximum Gasteiger partial charge on any atom is 0.192 e. The molecule has 0 unspecified atom stereocenters. The number of benzene rings is 1. The minimum Gasteiger partial charge on any atom is -0.368 e. The Kier molecular flexibility index (Phi) is 3.39. The highest BCUT2D eigenvalue weighted by atomic mass is 35.5. The van der Waals surface area contributed by atoms with E-state index in [2.05, 4.69) is 20.9 Å². The van der Waals surface area contributed by atoms with Crippen LogP contribution in [0.2, 0.25) is 5.02 Å². The molecule has 1 aromatic carbocycles. The van der Waals surface area contributed by atoms with Gasteiger partial charge in [-0.15, -0.1) is 0 Å². The first kappa shape index (κ1) is 14.1. The summed E-state index contributed by atoms with van der Waals surface area (Å²) in [7, 11) is 0.